The summed E-state index contributed by atoms with van der Waals surface area (Å²) in [5, 5.41) is 0. The van der Waals surface area contributed by atoms with Crippen molar-refractivity contribution in [3.05, 3.63) is 42.2 Å². The van der Waals surface area contributed by atoms with Crippen molar-refractivity contribution in [1.82, 2.24) is 24.3 Å². The lowest BCUT2D eigenvalue weighted by atomic mass is 10.2. The molecule has 3 aromatic rings. The molecule has 0 spiro atoms. The molecule has 27 heavy (non-hydrogen) atoms. The van der Waals surface area contributed by atoms with Crippen molar-refractivity contribution in [2.24, 2.45) is 0 Å². The molecule has 3 aromatic heterocycles. The van der Waals surface area contributed by atoms with Gasteiger partial charge in [-0.05, 0) is 19.4 Å². The van der Waals surface area contributed by atoms with Gasteiger partial charge in [0.25, 0.3) is 0 Å². The van der Waals surface area contributed by atoms with Gasteiger partial charge in [0.1, 0.15) is 0 Å². The van der Waals surface area contributed by atoms with Crippen molar-refractivity contribution >= 4 is 17.4 Å². The number of likely N-dealkylation sites (N-methyl/N-ethyl adjacent to an activating group) is 1. The van der Waals surface area contributed by atoms with Gasteiger partial charge in [0.05, 0.1) is 6.04 Å². The first-order valence-electron chi connectivity index (χ1n) is 8.51. The number of rotatable bonds is 3. The average Bonchev–Trinajstić information content (AvgIpc) is 3.27. The summed E-state index contributed by atoms with van der Waals surface area (Å²) in [7, 11) is 1.92. The van der Waals surface area contributed by atoms with Gasteiger partial charge in [-0.1, -0.05) is 0 Å². The molecule has 0 aliphatic carbocycles. The minimum absolute atomic E-state index is 0.130. The topological polar surface area (TPSA) is 62.5 Å². The second-order valence-corrected chi connectivity index (χ2v) is 6.60. The molecule has 142 valence electrons. The van der Waals surface area contributed by atoms with E-state index < -0.39 is 11.9 Å². The highest BCUT2D eigenvalue weighted by molar-refractivity contribution is 5.65. The van der Waals surface area contributed by atoms with Crippen LogP contribution in [0.1, 0.15) is 17.8 Å². The lowest BCUT2D eigenvalue weighted by Crippen LogP contribution is -2.36. The Hall–Kier alpha value is -2.91. The van der Waals surface area contributed by atoms with Crippen LogP contribution in [-0.2, 0) is 6.18 Å². The molecule has 10 heteroatoms. The van der Waals surface area contributed by atoms with Crippen LogP contribution in [0, 0.1) is 6.92 Å². The molecular formula is C17H18F3N7. The molecule has 7 nitrogen and oxygen atoms in total. The Kier molecular flexibility index (Phi) is 4.12. The van der Waals surface area contributed by atoms with Crippen molar-refractivity contribution in [3.8, 4) is 0 Å². The molecule has 1 unspecified atom stereocenters. The van der Waals surface area contributed by atoms with Crippen molar-refractivity contribution in [1.29, 1.82) is 0 Å². The Morgan fingerprint density at radius 1 is 1.19 bits per heavy atom. The molecular weight excluding hydrogens is 359 g/mol. The number of nitrogens with zero attached hydrogens (tertiary/aromatic N) is 7. The van der Waals surface area contributed by atoms with Crippen molar-refractivity contribution in [3.63, 3.8) is 0 Å². The summed E-state index contributed by atoms with van der Waals surface area (Å²) in [6, 6.07) is 1.96. The van der Waals surface area contributed by atoms with Crippen LogP contribution < -0.4 is 9.80 Å². The summed E-state index contributed by atoms with van der Waals surface area (Å²) in [5.41, 5.74) is 0.169. The molecule has 0 amide bonds. The molecule has 0 aromatic carbocycles. The van der Waals surface area contributed by atoms with Crippen LogP contribution in [-0.4, -0.2) is 50.5 Å². The van der Waals surface area contributed by atoms with Gasteiger partial charge in [-0.25, -0.2) is 19.9 Å². The molecule has 1 aliphatic rings. The van der Waals surface area contributed by atoms with E-state index in [0.29, 0.717) is 24.9 Å². The maximum Gasteiger partial charge on any atom is 0.434 e. The van der Waals surface area contributed by atoms with E-state index >= 15 is 0 Å². The van der Waals surface area contributed by atoms with Crippen molar-refractivity contribution in [2.75, 3.05) is 29.9 Å². The number of halogens is 3. The standard InChI is InChI=1S/C17H18F3N7/c1-11-3-5-22-16(23-11)25(2)12-4-7-26(9-12)14-15-24-13(17(18,19)20)10-27(15)8-6-21-14/h3,5-6,8,10,12H,4,7,9H2,1-2H3. The molecule has 1 aliphatic heterocycles. The number of aryl methyl sites for hydroxylation is 1. The molecule has 1 fully saturated rings. The zero-order valence-corrected chi connectivity index (χ0v) is 14.8. The van der Waals surface area contributed by atoms with Gasteiger partial charge in [0, 0.05) is 50.6 Å². The molecule has 1 atom stereocenters. The summed E-state index contributed by atoms with van der Waals surface area (Å²) in [5.74, 6) is 1.09. The van der Waals surface area contributed by atoms with Gasteiger partial charge in [0.2, 0.25) is 5.95 Å². The van der Waals surface area contributed by atoms with Crippen LogP contribution >= 0.6 is 0 Å². The second kappa shape index (κ2) is 6.36. The largest absolute Gasteiger partial charge is 0.434 e. The lowest BCUT2D eigenvalue weighted by Gasteiger charge is -2.25. The number of hydrogen-bond donors (Lipinski definition) is 0. The predicted octanol–water partition coefficient (Wildman–Crippen LogP) is 2.56. The highest BCUT2D eigenvalue weighted by Crippen LogP contribution is 2.31. The fraction of sp³-hybridized carbons (Fsp3) is 0.412. The van der Waals surface area contributed by atoms with E-state index in [4.69, 9.17) is 0 Å². The average molecular weight is 377 g/mol. The van der Waals surface area contributed by atoms with Crippen LogP contribution in [0.5, 0.6) is 0 Å². The number of alkyl halides is 3. The maximum absolute atomic E-state index is 13.0. The van der Waals surface area contributed by atoms with Crippen LogP contribution in [0.25, 0.3) is 5.65 Å². The Morgan fingerprint density at radius 3 is 2.74 bits per heavy atom. The predicted molar refractivity (Wildman–Crippen MR) is 93.8 cm³/mol. The summed E-state index contributed by atoms with van der Waals surface area (Å²) in [6.45, 7) is 3.18. The first-order valence-corrected chi connectivity index (χ1v) is 8.51. The SMILES string of the molecule is Cc1ccnc(N(C)C2CCN(c3nccn4cc(C(F)(F)F)nc34)C2)n1. The Bertz CT molecular complexity index is 969. The van der Waals surface area contributed by atoms with Gasteiger partial charge in [0.15, 0.2) is 17.2 Å². The summed E-state index contributed by atoms with van der Waals surface area (Å²) >= 11 is 0. The monoisotopic (exact) mass is 377 g/mol. The van der Waals surface area contributed by atoms with Crippen molar-refractivity contribution in [2.45, 2.75) is 25.6 Å². The number of anilines is 2. The van der Waals surface area contributed by atoms with E-state index in [1.54, 1.807) is 6.20 Å². The normalized spacial score (nSPS) is 17.7. The first kappa shape index (κ1) is 17.5. The van der Waals surface area contributed by atoms with E-state index in [-0.39, 0.29) is 11.7 Å². The number of hydrogen-bond acceptors (Lipinski definition) is 6. The molecule has 0 saturated carbocycles. The summed E-state index contributed by atoms with van der Waals surface area (Å²) < 4.78 is 40.3. The Morgan fingerprint density at radius 2 is 2.00 bits per heavy atom. The van der Waals surface area contributed by atoms with E-state index in [1.807, 2.05) is 29.8 Å². The third kappa shape index (κ3) is 3.26. The third-order valence-electron chi connectivity index (χ3n) is 4.76. The van der Waals surface area contributed by atoms with Crippen molar-refractivity contribution < 1.29 is 13.2 Å². The molecule has 0 radical (unpaired) electrons. The molecule has 4 rings (SSSR count). The fourth-order valence-corrected chi connectivity index (χ4v) is 3.29. The van der Waals surface area contributed by atoms with E-state index in [1.165, 1.54) is 16.8 Å². The van der Waals surface area contributed by atoms with E-state index in [9.17, 15) is 13.2 Å². The van der Waals surface area contributed by atoms with Crippen LogP contribution in [0.4, 0.5) is 24.9 Å². The van der Waals surface area contributed by atoms with Gasteiger partial charge in [-0.3, -0.25) is 0 Å². The Labute approximate surface area is 153 Å². The smallest absolute Gasteiger partial charge is 0.351 e. The number of imidazole rings is 1. The van der Waals surface area contributed by atoms with Gasteiger partial charge < -0.3 is 14.2 Å². The fourth-order valence-electron chi connectivity index (χ4n) is 3.29. The van der Waals surface area contributed by atoms with E-state index in [0.717, 1.165) is 18.3 Å². The molecule has 1 saturated heterocycles. The molecule has 0 bridgehead atoms. The van der Waals surface area contributed by atoms with Crippen LogP contribution in [0.2, 0.25) is 0 Å². The second-order valence-electron chi connectivity index (χ2n) is 6.60. The number of fused-ring (bicyclic) bond motifs is 1. The first-order chi connectivity index (χ1) is 12.8. The molecule has 4 heterocycles. The van der Waals surface area contributed by atoms with E-state index in [2.05, 4.69) is 19.9 Å². The zero-order valence-electron chi connectivity index (χ0n) is 14.8. The summed E-state index contributed by atoms with van der Waals surface area (Å²) in [4.78, 5) is 20.7. The highest BCUT2D eigenvalue weighted by Gasteiger charge is 2.35. The lowest BCUT2D eigenvalue weighted by molar-refractivity contribution is -0.140. The van der Waals surface area contributed by atoms with Gasteiger partial charge >= 0.3 is 6.18 Å². The van der Waals surface area contributed by atoms with Crippen LogP contribution in [0.3, 0.4) is 0 Å². The quantitative estimate of drug-likeness (QED) is 0.699. The Balaban J connectivity index is 1.59. The summed E-state index contributed by atoms with van der Waals surface area (Å²) in [6.07, 6.45) is 2.00. The minimum Gasteiger partial charge on any atom is -0.351 e. The van der Waals surface area contributed by atoms with Crippen LogP contribution in [0.15, 0.2) is 30.9 Å². The molecule has 0 N–H and O–H groups in total. The third-order valence-corrected chi connectivity index (χ3v) is 4.76. The maximum atomic E-state index is 13.0. The minimum atomic E-state index is -4.49. The van der Waals surface area contributed by atoms with Gasteiger partial charge in [-0.2, -0.15) is 13.2 Å². The zero-order chi connectivity index (χ0) is 19.2. The number of aromatic nitrogens is 5. The van der Waals surface area contributed by atoms with Gasteiger partial charge in [-0.15, -0.1) is 0 Å². The highest BCUT2D eigenvalue weighted by atomic mass is 19.4.